The fraction of sp³-hybridized carbons (Fsp3) is 0.471. The Morgan fingerprint density at radius 1 is 1.17 bits per heavy atom. The van der Waals surface area contributed by atoms with Crippen molar-refractivity contribution in [2.24, 2.45) is 0 Å². The van der Waals surface area contributed by atoms with Gasteiger partial charge in [0.15, 0.2) is 5.12 Å². The minimum atomic E-state index is -0.598. The van der Waals surface area contributed by atoms with E-state index in [1.165, 1.54) is 6.92 Å². The van der Waals surface area contributed by atoms with Crippen LogP contribution in [0, 0.1) is 0 Å². The van der Waals surface area contributed by atoms with Crippen LogP contribution in [0.25, 0.3) is 0 Å². The topological polar surface area (TPSA) is 72.5 Å². The standard InChI is InChI=1S/C17H23NO4S/c1-12(19)23-14(10-13-8-6-5-7-9-13)16(21)18-11-15(20)22-17(2,3)4/h5-9,14H,10-11H2,1-4H3,(H,18,21)/t14-/m0/s1. The second-order valence-electron chi connectivity index (χ2n) is 6.09. The normalized spacial score (nSPS) is 12.3. The van der Waals surface area contributed by atoms with Gasteiger partial charge in [0.25, 0.3) is 0 Å². The smallest absolute Gasteiger partial charge is 0.325 e. The number of nitrogens with one attached hydrogen (secondary N) is 1. The summed E-state index contributed by atoms with van der Waals surface area (Å²) >= 11 is 0.964. The van der Waals surface area contributed by atoms with E-state index in [1.54, 1.807) is 20.8 Å². The highest BCUT2D eigenvalue weighted by Crippen LogP contribution is 2.17. The zero-order chi connectivity index (χ0) is 17.5. The fourth-order valence-corrected chi connectivity index (χ4v) is 2.73. The van der Waals surface area contributed by atoms with Crippen LogP contribution in [0.1, 0.15) is 33.3 Å². The van der Waals surface area contributed by atoms with Crippen molar-refractivity contribution in [2.45, 2.75) is 45.0 Å². The van der Waals surface area contributed by atoms with Crippen molar-refractivity contribution in [3.8, 4) is 0 Å². The first kappa shape index (κ1) is 19.2. The Kier molecular flexibility index (Phi) is 7.29. The molecule has 0 aliphatic rings. The average Bonchev–Trinajstić information content (AvgIpc) is 2.43. The fourth-order valence-electron chi connectivity index (χ4n) is 1.87. The molecule has 0 bridgehead atoms. The van der Waals surface area contributed by atoms with Gasteiger partial charge < -0.3 is 10.1 Å². The van der Waals surface area contributed by atoms with Gasteiger partial charge in [-0.3, -0.25) is 14.4 Å². The van der Waals surface area contributed by atoms with Gasteiger partial charge in [-0.2, -0.15) is 0 Å². The molecule has 1 rings (SSSR count). The lowest BCUT2D eigenvalue weighted by molar-refractivity contribution is -0.154. The van der Waals surface area contributed by atoms with Gasteiger partial charge in [-0.15, -0.1) is 0 Å². The molecule has 0 heterocycles. The van der Waals surface area contributed by atoms with Crippen LogP contribution in [-0.4, -0.2) is 34.4 Å². The number of hydrogen-bond acceptors (Lipinski definition) is 5. The molecule has 0 aliphatic carbocycles. The maximum atomic E-state index is 12.3. The highest BCUT2D eigenvalue weighted by molar-refractivity contribution is 8.14. The monoisotopic (exact) mass is 337 g/mol. The Morgan fingerprint density at radius 2 is 1.78 bits per heavy atom. The maximum absolute atomic E-state index is 12.3. The molecule has 1 aromatic rings. The van der Waals surface area contributed by atoms with Crippen molar-refractivity contribution in [3.05, 3.63) is 35.9 Å². The maximum Gasteiger partial charge on any atom is 0.325 e. The van der Waals surface area contributed by atoms with Crippen LogP contribution in [0.15, 0.2) is 30.3 Å². The molecule has 0 aliphatic heterocycles. The van der Waals surface area contributed by atoms with Crippen LogP contribution < -0.4 is 5.32 Å². The minimum absolute atomic E-state index is 0.140. The minimum Gasteiger partial charge on any atom is -0.459 e. The predicted octanol–water partition coefficient (Wildman–Crippen LogP) is 2.34. The quantitative estimate of drug-likeness (QED) is 0.807. The molecule has 0 unspecified atom stereocenters. The first-order valence-corrected chi connectivity index (χ1v) is 8.26. The van der Waals surface area contributed by atoms with E-state index >= 15 is 0 Å². The van der Waals surface area contributed by atoms with Crippen molar-refractivity contribution < 1.29 is 19.1 Å². The Bertz CT molecular complexity index is 551. The summed E-state index contributed by atoms with van der Waals surface area (Å²) in [6.45, 7) is 6.49. The van der Waals surface area contributed by atoms with Crippen LogP contribution >= 0.6 is 11.8 Å². The molecule has 0 spiro atoms. The molecule has 6 heteroatoms. The molecule has 5 nitrogen and oxygen atoms in total. The van der Waals surface area contributed by atoms with Crippen molar-refractivity contribution in [3.63, 3.8) is 0 Å². The Hall–Kier alpha value is -1.82. The SMILES string of the molecule is CC(=O)S[C@@H](Cc1ccccc1)C(=O)NCC(=O)OC(C)(C)C. The van der Waals surface area contributed by atoms with Crippen LogP contribution in [0.2, 0.25) is 0 Å². The summed E-state index contributed by atoms with van der Waals surface area (Å²) in [5.41, 5.74) is 0.359. The first-order valence-electron chi connectivity index (χ1n) is 7.38. The van der Waals surface area contributed by atoms with Crippen LogP contribution in [-0.2, 0) is 25.5 Å². The molecule has 0 saturated carbocycles. The summed E-state index contributed by atoms with van der Waals surface area (Å²) in [5, 5.41) is 1.83. The van der Waals surface area contributed by atoms with E-state index in [0.29, 0.717) is 6.42 Å². The van der Waals surface area contributed by atoms with Gasteiger partial charge in [0, 0.05) is 6.92 Å². The molecule has 0 saturated heterocycles. The van der Waals surface area contributed by atoms with E-state index in [4.69, 9.17) is 4.74 Å². The van der Waals surface area contributed by atoms with Crippen molar-refractivity contribution in [1.29, 1.82) is 0 Å². The largest absolute Gasteiger partial charge is 0.459 e. The number of hydrogen-bond donors (Lipinski definition) is 1. The lowest BCUT2D eigenvalue weighted by atomic mass is 10.1. The lowest BCUT2D eigenvalue weighted by Crippen LogP contribution is -2.39. The second kappa shape index (κ2) is 8.72. The molecular weight excluding hydrogens is 314 g/mol. The van der Waals surface area contributed by atoms with Crippen LogP contribution in [0.4, 0.5) is 0 Å². The summed E-state index contributed by atoms with van der Waals surface area (Å²) in [6.07, 6.45) is 0.422. The number of carbonyl (C=O) groups excluding carboxylic acids is 3. The number of amides is 1. The third-order valence-electron chi connectivity index (χ3n) is 2.69. The van der Waals surface area contributed by atoms with Crippen molar-refractivity contribution in [1.82, 2.24) is 5.32 Å². The molecule has 0 aromatic heterocycles. The van der Waals surface area contributed by atoms with E-state index in [1.807, 2.05) is 30.3 Å². The van der Waals surface area contributed by atoms with Crippen LogP contribution in [0.5, 0.6) is 0 Å². The van der Waals surface area contributed by atoms with E-state index in [9.17, 15) is 14.4 Å². The number of carbonyl (C=O) groups is 3. The Morgan fingerprint density at radius 3 is 2.30 bits per heavy atom. The molecule has 1 aromatic carbocycles. The van der Waals surface area contributed by atoms with Gasteiger partial charge in [-0.1, -0.05) is 42.1 Å². The van der Waals surface area contributed by atoms with Gasteiger partial charge in [0.05, 0.1) is 5.25 Å². The molecule has 23 heavy (non-hydrogen) atoms. The molecular formula is C17H23NO4S. The lowest BCUT2D eigenvalue weighted by Gasteiger charge is -2.20. The first-order chi connectivity index (χ1) is 10.7. The molecule has 1 atom stereocenters. The number of benzene rings is 1. The zero-order valence-electron chi connectivity index (χ0n) is 13.9. The van der Waals surface area contributed by atoms with Crippen molar-refractivity contribution >= 4 is 28.8 Å². The Balaban J connectivity index is 2.62. The highest BCUT2D eigenvalue weighted by Gasteiger charge is 2.23. The van der Waals surface area contributed by atoms with Crippen LogP contribution in [0.3, 0.4) is 0 Å². The number of ether oxygens (including phenoxy) is 1. The van der Waals surface area contributed by atoms with E-state index in [-0.39, 0.29) is 17.6 Å². The predicted molar refractivity (Wildman–Crippen MR) is 91.1 cm³/mol. The average molecular weight is 337 g/mol. The molecule has 0 fully saturated rings. The van der Waals surface area contributed by atoms with E-state index < -0.39 is 16.8 Å². The third-order valence-corrected chi connectivity index (χ3v) is 3.69. The summed E-state index contributed by atoms with van der Waals surface area (Å²) in [4.78, 5) is 35.3. The van der Waals surface area contributed by atoms with E-state index in [2.05, 4.69) is 5.32 Å². The Labute approximate surface area is 141 Å². The zero-order valence-corrected chi connectivity index (χ0v) is 14.7. The van der Waals surface area contributed by atoms with Gasteiger partial charge in [-0.05, 0) is 32.8 Å². The summed E-state index contributed by atoms with van der Waals surface area (Å²) in [6, 6.07) is 9.44. The number of thioether (sulfide) groups is 1. The molecule has 126 valence electrons. The highest BCUT2D eigenvalue weighted by atomic mass is 32.2. The van der Waals surface area contributed by atoms with Gasteiger partial charge >= 0.3 is 5.97 Å². The van der Waals surface area contributed by atoms with E-state index in [0.717, 1.165) is 17.3 Å². The summed E-state index contributed by atoms with van der Waals surface area (Å²) in [5.74, 6) is -0.850. The second-order valence-corrected chi connectivity index (χ2v) is 7.47. The van der Waals surface area contributed by atoms with Gasteiger partial charge in [-0.25, -0.2) is 0 Å². The number of rotatable bonds is 6. The van der Waals surface area contributed by atoms with Gasteiger partial charge in [0.1, 0.15) is 12.1 Å². The summed E-state index contributed by atoms with van der Waals surface area (Å²) in [7, 11) is 0. The van der Waals surface area contributed by atoms with Gasteiger partial charge in [0.2, 0.25) is 5.91 Å². The van der Waals surface area contributed by atoms with Crippen molar-refractivity contribution in [2.75, 3.05) is 6.54 Å². The molecule has 1 amide bonds. The molecule has 1 N–H and O–H groups in total. The third kappa shape index (κ3) is 8.40. The number of esters is 1. The summed E-state index contributed by atoms with van der Waals surface area (Å²) < 4.78 is 5.14. The molecule has 0 radical (unpaired) electrons.